The van der Waals surface area contributed by atoms with Crippen molar-refractivity contribution < 1.29 is 30.3 Å². The van der Waals surface area contributed by atoms with E-state index < -0.39 is 23.9 Å². The van der Waals surface area contributed by atoms with Crippen molar-refractivity contribution in [3.05, 3.63) is 0 Å². The van der Waals surface area contributed by atoms with Crippen LogP contribution in [0.1, 0.15) is 6.42 Å². The number of hydrogen-bond acceptors (Lipinski definition) is 5. The minimum atomic E-state index is -3.40. The molecule has 0 amide bonds. The molecule has 5 N–H and O–H groups in total. The number of carboxylic acids is 1. The highest BCUT2D eigenvalue weighted by Gasteiger charge is 2.44. The molecule has 0 bridgehead atoms. The second-order valence-electron chi connectivity index (χ2n) is 2.48. The van der Waals surface area contributed by atoms with Crippen LogP contribution in [0.4, 0.5) is 0 Å². The zero-order chi connectivity index (χ0) is 9.28. The molecule has 0 aliphatic heterocycles. The summed E-state index contributed by atoms with van der Waals surface area (Å²) in [4.78, 5) is 9.97. The summed E-state index contributed by atoms with van der Waals surface area (Å²) in [5.41, 5.74) is -2.47. The van der Waals surface area contributed by atoms with E-state index in [2.05, 4.69) is 0 Å². The van der Waals surface area contributed by atoms with Crippen molar-refractivity contribution in [2.24, 2.45) is 0 Å². The molecular formula is C4H9BO6. The Morgan fingerprint density at radius 2 is 1.64 bits per heavy atom. The van der Waals surface area contributed by atoms with Crippen LogP contribution < -0.4 is 0 Å². The minimum absolute atomic E-state index is 0.793. The van der Waals surface area contributed by atoms with E-state index in [0.29, 0.717) is 0 Å². The van der Waals surface area contributed by atoms with Crippen molar-refractivity contribution in [3.63, 3.8) is 0 Å². The van der Waals surface area contributed by atoms with Crippen LogP contribution in [0.5, 0.6) is 0 Å². The highest BCUT2D eigenvalue weighted by Crippen LogP contribution is 2.16. The maximum Gasteiger partial charge on any atom is 0.305 e. The summed E-state index contributed by atoms with van der Waals surface area (Å²) in [5.74, 6) is -4.85. The summed E-state index contributed by atoms with van der Waals surface area (Å²) in [5, 5.41) is 42.2. The molecule has 6 nitrogen and oxygen atoms in total. The Labute approximate surface area is 63.1 Å². The van der Waals surface area contributed by atoms with E-state index in [-0.39, 0.29) is 0 Å². The maximum atomic E-state index is 9.97. The Morgan fingerprint density at radius 1 is 1.27 bits per heavy atom. The summed E-state index contributed by atoms with van der Waals surface area (Å²) in [6.45, 7) is 0. The van der Waals surface area contributed by atoms with Gasteiger partial charge in [-0.2, -0.15) is 0 Å². The minimum Gasteiger partial charge on any atom is -0.481 e. The van der Waals surface area contributed by atoms with Gasteiger partial charge in [0.15, 0.2) is 7.85 Å². The molecule has 1 atom stereocenters. The van der Waals surface area contributed by atoms with Gasteiger partial charge in [-0.1, -0.05) is 0 Å². The Morgan fingerprint density at radius 3 is 1.73 bits per heavy atom. The molecule has 0 aliphatic carbocycles. The van der Waals surface area contributed by atoms with E-state index in [0.717, 1.165) is 7.85 Å². The Kier molecular flexibility index (Phi) is 2.62. The predicted molar refractivity (Wildman–Crippen MR) is 35.1 cm³/mol. The molecule has 0 aliphatic rings. The van der Waals surface area contributed by atoms with Crippen LogP contribution in [0.15, 0.2) is 0 Å². The largest absolute Gasteiger partial charge is 0.481 e. The van der Waals surface area contributed by atoms with E-state index in [1.807, 2.05) is 0 Å². The third-order valence-corrected chi connectivity index (χ3v) is 1.22. The van der Waals surface area contributed by atoms with Gasteiger partial charge in [0.05, 0.1) is 6.42 Å². The number of carbonyl (C=O) groups is 1. The van der Waals surface area contributed by atoms with Gasteiger partial charge in [0.2, 0.25) is 0 Å². The standard InChI is InChI=1S/C4H9BO6/c5-3(8,1-2(6)7)4(9,10)11/h8-11H,1,5H2,(H,6,7). The van der Waals surface area contributed by atoms with Gasteiger partial charge in [-0.15, -0.1) is 0 Å². The average Bonchev–Trinajstić information content (AvgIpc) is 1.56. The van der Waals surface area contributed by atoms with Crippen LogP contribution in [0.3, 0.4) is 0 Å². The first-order valence-electron chi connectivity index (χ1n) is 2.78. The predicted octanol–water partition coefficient (Wildman–Crippen LogP) is -3.59. The van der Waals surface area contributed by atoms with Crippen LogP contribution in [-0.4, -0.2) is 50.8 Å². The van der Waals surface area contributed by atoms with E-state index in [9.17, 15) is 4.79 Å². The Hall–Kier alpha value is -0.625. The lowest BCUT2D eigenvalue weighted by Gasteiger charge is -2.30. The summed E-state index contributed by atoms with van der Waals surface area (Å²) < 4.78 is 0. The molecule has 0 fully saturated rings. The van der Waals surface area contributed by atoms with Crippen molar-refractivity contribution in [1.29, 1.82) is 0 Å². The first kappa shape index (κ1) is 10.4. The first-order valence-corrected chi connectivity index (χ1v) is 2.78. The van der Waals surface area contributed by atoms with E-state index in [1.54, 1.807) is 0 Å². The van der Waals surface area contributed by atoms with Gasteiger partial charge in [0.25, 0.3) is 5.97 Å². The third-order valence-electron chi connectivity index (χ3n) is 1.22. The zero-order valence-corrected chi connectivity index (χ0v) is 5.85. The second-order valence-corrected chi connectivity index (χ2v) is 2.48. The Balaban J connectivity index is 4.34. The molecule has 0 saturated heterocycles. The van der Waals surface area contributed by atoms with Crippen LogP contribution in [0.2, 0.25) is 0 Å². The van der Waals surface area contributed by atoms with Crippen molar-refractivity contribution in [3.8, 4) is 0 Å². The Bertz CT molecular complexity index is 158. The summed E-state index contributed by atoms with van der Waals surface area (Å²) >= 11 is 0. The molecule has 0 saturated carbocycles. The number of aliphatic carboxylic acids is 1. The lowest BCUT2D eigenvalue weighted by Crippen LogP contribution is -2.56. The normalized spacial score (nSPS) is 17.5. The highest BCUT2D eigenvalue weighted by atomic mass is 16.7. The number of carboxylic acid groups (broad SMARTS) is 1. The molecule has 0 rings (SSSR count). The number of hydrogen-bond donors (Lipinski definition) is 5. The molecular weight excluding hydrogens is 155 g/mol. The van der Waals surface area contributed by atoms with Gasteiger partial charge in [-0.3, -0.25) is 4.79 Å². The van der Waals surface area contributed by atoms with Gasteiger partial charge in [0, 0.05) is 0 Å². The molecule has 0 aromatic heterocycles. The van der Waals surface area contributed by atoms with Crippen molar-refractivity contribution >= 4 is 13.8 Å². The average molecular weight is 164 g/mol. The van der Waals surface area contributed by atoms with Gasteiger partial charge in [-0.25, -0.2) is 0 Å². The van der Waals surface area contributed by atoms with Gasteiger partial charge in [0.1, 0.15) is 5.50 Å². The molecule has 0 aromatic rings. The lowest BCUT2D eigenvalue weighted by atomic mass is 9.76. The first-order chi connectivity index (χ1) is 4.67. The molecule has 0 spiro atoms. The topological polar surface area (TPSA) is 118 Å². The maximum absolute atomic E-state index is 9.97. The quantitative estimate of drug-likeness (QED) is 0.217. The van der Waals surface area contributed by atoms with Crippen LogP contribution in [0, 0.1) is 0 Å². The summed E-state index contributed by atoms with van der Waals surface area (Å²) in [6.07, 6.45) is -0.962. The second kappa shape index (κ2) is 2.78. The molecule has 64 valence electrons. The van der Waals surface area contributed by atoms with Gasteiger partial charge < -0.3 is 25.5 Å². The molecule has 0 heterocycles. The van der Waals surface area contributed by atoms with Crippen molar-refractivity contribution in [2.75, 3.05) is 0 Å². The highest BCUT2D eigenvalue weighted by molar-refractivity contribution is 6.16. The fourth-order valence-electron chi connectivity index (χ4n) is 0.413. The van der Waals surface area contributed by atoms with E-state index >= 15 is 0 Å². The third kappa shape index (κ3) is 2.85. The molecule has 7 heteroatoms. The summed E-state index contributed by atoms with van der Waals surface area (Å²) in [7, 11) is 0.793. The fourth-order valence-corrected chi connectivity index (χ4v) is 0.413. The smallest absolute Gasteiger partial charge is 0.305 e. The zero-order valence-electron chi connectivity index (χ0n) is 5.85. The van der Waals surface area contributed by atoms with E-state index in [4.69, 9.17) is 25.5 Å². The van der Waals surface area contributed by atoms with E-state index in [1.165, 1.54) is 0 Å². The van der Waals surface area contributed by atoms with Crippen molar-refractivity contribution in [1.82, 2.24) is 0 Å². The summed E-state index contributed by atoms with van der Waals surface area (Å²) in [6, 6.07) is 0. The lowest BCUT2D eigenvalue weighted by molar-refractivity contribution is -0.368. The fraction of sp³-hybridized carbons (Fsp3) is 0.750. The van der Waals surface area contributed by atoms with Crippen molar-refractivity contribution in [2.45, 2.75) is 17.9 Å². The SMILES string of the molecule is BC(O)(CC(=O)O)C(O)(O)O. The van der Waals surface area contributed by atoms with Crippen LogP contribution in [-0.2, 0) is 4.79 Å². The molecule has 1 unspecified atom stereocenters. The molecule has 0 radical (unpaired) electrons. The number of aliphatic hydroxyl groups is 4. The molecule has 0 aromatic carbocycles. The molecule has 11 heavy (non-hydrogen) atoms. The monoisotopic (exact) mass is 164 g/mol. The number of rotatable bonds is 3. The van der Waals surface area contributed by atoms with Crippen LogP contribution >= 0.6 is 0 Å². The van der Waals surface area contributed by atoms with Gasteiger partial charge >= 0.3 is 5.97 Å². The van der Waals surface area contributed by atoms with Crippen LogP contribution in [0.25, 0.3) is 0 Å². The van der Waals surface area contributed by atoms with Gasteiger partial charge in [-0.05, 0) is 0 Å².